The van der Waals surface area contributed by atoms with Gasteiger partial charge in [-0.3, -0.25) is 113 Å². The van der Waals surface area contributed by atoms with Crippen LogP contribution in [0.15, 0.2) is 328 Å². The number of carbonyl (C=O) groups is 12. The van der Waals surface area contributed by atoms with Gasteiger partial charge in [0.15, 0.2) is 5.41 Å². The first-order chi connectivity index (χ1) is 65.1. The zero-order valence-electron chi connectivity index (χ0n) is 70.6. The summed E-state index contributed by atoms with van der Waals surface area (Å²) in [6.45, 7) is 0. The Balaban J connectivity index is 0.000000144. The molecule has 0 saturated carbocycles. The molecule has 134 heavy (non-hydrogen) atoms. The van der Waals surface area contributed by atoms with Gasteiger partial charge >= 0.3 is 0 Å². The fourth-order valence-electron chi connectivity index (χ4n) is 14.6. The number of rotatable bonds is 25. The number of carbonyl (C=O) groups excluding carboxylic acids is 12. The highest BCUT2D eigenvalue weighted by Gasteiger charge is 2.50. The van der Waals surface area contributed by atoms with Crippen molar-refractivity contribution in [1.82, 2.24) is 56.8 Å². The molecule has 0 saturated heterocycles. The van der Waals surface area contributed by atoms with E-state index in [0.717, 1.165) is 70.5 Å². The molecular weight excluding hydrogens is 1710 g/mol. The van der Waals surface area contributed by atoms with Crippen LogP contribution in [0.3, 0.4) is 0 Å². The fraction of sp³-hybridized carbons (Fsp3) is 0.0808. The van der Waals surface area contributed by atoms with E-state index in [-0.39, 0.29) is 5.56 Å². The van der Waals surface area contributed by atoms with Crippen LogP contribution in [0.1, 0.15) is 31.2 Å². The van der Waals surface area contributed by atoms with Crippen molar-refractivity contribution < 1.29 is 78.4 Å². The van der Waals surface area contributed by atoms with Gasteiger partial charge in [0.1, 0.15) is 17.8 Å². The largest absolute Gasteiger partial charge is 0.325 e. The summed E-state index contributed by atoms with van der Waals surface area (Å²) in [5, 5.41) is 65.1. The average molecular weight is 1790 g/mol. The van der Waals surface area contributed by atoms with E-state index in [4.69, 9.17) is 15.6 Å². The molecule has 12 amide bonds. The van der Waals surface area contributed by atoms with E-state index in [1.54, 1.807) is 194 Å². The van der Waals surface area contributed by atoms with Gasteiger partial charge in [0.05, 0.1) is 85.9 Å². The second-order valence-electron chi connectivity index (χ2n) is 30.0. The second kappa shape index (κ2) is 43.5. The van der Waals surface area contributed by atoms with Gasteiger partial charge in [-0.15, -0.1) is 0 Å². The maximum Gasteiger partial charge on any atom is 0.245 e. The molecule has 0 aliphatic heterocycles. The number of aromatic nitrogens is 7. The van der Waals surface area contributed by atoms with Crippen LogP contribution < -0.4 is 64.5 Å². The number of amides is 12. The number of nitrogens with one attached hydrogen (secondary N) is 12. The SMILES string of the molecule is O=C(CC(C(=O)Nc1ccc2ncccc2c1)C(=O)Nc1ccc2ncccc2c1)NO.O=C(CC(C(=O)Nc1cccc2ccccc12)C(=O)Nc1cccc2cccnc12)NO.O=C(CC(C(=O)Nc1cccc2cccnc12)(C(=O)Nc1cccc2cccnc12)c1ccccc1)NO.O=C(CC(C(=O)Nc1cnc2ccccc2c1)C(=O)Nc1cnc2ccccc2c1)NO. The Labute approximate surface area is 760 Å². The summed E-state index contributed by atoms with van der Waals surface area (Å²) in [7, 11) is 0. The van der Waals surface area contributed by atoms with Gasteiger partial charge in [-0.25, -0.2) is 21.9 Å². The van der Waals surface area contributed by atoms with Gasteiger partial charge < -0.3 is 42.5 Å². The Hall–Kier alpha value is -18.2. The molecule has 0 radical (unpaired) electrons. The predicted molar refractivity (Wildman–Crippen MR) is 502 cm³/mol. The van der Waals surface area contributed by atoms with Crippen LogP contribution in [0.2, 0.25) is 0 Å². The summed E-state index contributed by atoms with van der Waals surface area (Å²) >= 11 is 0. The Kier molecular flexibility index (Phi) is 29.9. The van der Waals surface area contributed by atoms with Crippen molar-refractivity contribution >= 4 is 203 Å². The van der Waals surface area contributed by atoms with Gasteiger partial charge in [0.25, 0.3) is 0 Å². The van der Waals surface area contributed by atoms with Crippen molar-refractivity contribution in [3.8, 4) is 0 Å². The normalized spacial score (nSPS) is 11.1. The van der Waals surface area contributed by atoms with Crippen molar-refractivity contribution in [2.75, 3.05) is 42.5 Å². The number of anilines is 8. The first-order valence-corrected chi connectivity index (χ1v) is 41.3. The minimum atomic E-state index is -2.07. The Bertz CT molecular complexity index is 6750. The van der Waals surface area contributed by atoms with Crippen LogP contribution >= 0.6 is 0 Å². The topological polar surface area (TPSA) is 520 Å². The lowest BCUT2D eigenvalue weighted by molar-refractivity contribution is -0.140. The van der Waals surface area contributed by atoms with Crippen LogP contribution in [0.4, 0.5) is 45.5 Å². The minimum absolute atomic E-state index is 0.264. The quantitative estimate of drug-likeness (QED) is 0.0144. The van der Waals surface area contributed by atoms with E-state index in [9.17, 15) is 62.7 Å². The Morgan fingerprint density at radius 2 is 0.552 bits per heavy atom. The van der Waals surface area contributed by atoms with Gasteiger partial charge in [-0.05, 0) is 126 Å². The monoisotopic (exact) mass is 1790 g/mol. The van der Waals surface area contributed by atoms with Gasteiger partial charge in [-0.1, -0.05) is 170 Å². The number of fused-ring (bicyclic) bond motifs is 8. The number of para-hydroxylation sites is 5. The molecule has 7 heterocycles. The van der Waals surface area contributed by atoms with Crippen LogP contribution in [-0.4, -0.2) is 127 Å². The molecule has 35 nitrogen and oxygen atoms in total. The van der Waals surface area contributed by atoms with Gasteiger partial charge in [0.2, 0.25) is 70.9 Å². The molecule has 0 aliphatic carbocycles. The molecule has 668 valence electrons. The molecular formula is C99H81N19O16. The molecule has 7 aromatic heterocycles. The van der Waals surface area contributed by atoms with Gasteiger partial charge in [0, 0.05) is 110 Å². The van der Waals surface area contributed by atoms with Crippen LogP contribution in [-0.2, 0) is 62.9 Å². The molecule has 17 aromatic rings. The number of hydrogen-bond donors (Lipinski definition) is 16. The highest BCUT2D eigenvalue weighted by atomic mass is 16.5. The molecule has 16 N–H and O–H groups in total. The predicted octanol–water partition coefficient (Wildman–Crippen LogP) is 13.4. The lowest BCUT2D eigenvalue weighted by Gasteiger charge is -2.31. The van der Waals surface area contributed by atoms with E-state index in [1.807, 2.05) is 127 Å². The van der Waals surface area contributed by atoms with Crippen LogP contribution in [0, 0.1) is 17.8 Å². The van der Waals surface area contributed by atoms with Crippen molar-refractivity contribution in [2.24, 2.45) is 17.8 Å². The number of hydroxylamine groups is 4. The third kappa shape index (κ3) is 22.7. The highest BCUT2D eigenvalue weighted by Crippen LogP contribution is 2.36. The number of nitrogens with zero attached hydrogens (tertiary/aromatic N) is 7. The van der Waals surface area contributed by atoms with Gasteiger partial charge in [-0.2, -0.15) is 0 Å². The Morgan fingerprint density at radius 1 is 0.254 bits per heavy atom. The van der Waals surface area contributed by atoms with E-state index >= 15 is 0 Å². The smallest absolute Gasteiger partial charge is 0.245 e. The standard InChI is InChI=1S/C29H23N5O4.C24H20N4O4.2C23H19N5O4/c35-24(34-38)18-29(21-12-2-1-3-13-21,27(36)32-22-14-4-8-19-10-6-16-30-25(19)22)28(37)33-23-15-5-9-20-11-7-17-31-26(20)23;29-21(28-32)14-18(23(30)26-19-11-3-7-15-6-1-2-10-17(15)19)24(31)27-20-12-4-8-16-9-5-13-25-22(16)20;29-21(28-32)13-18(22(30)26-16-5-7-19-14(11-16)3-1-9-24-19)23(31)27-17-6-8-20-15(12-17)4-2-10-25-20;29-21(28-32)11-18(22(30)26-16-9-14-5-1-3-7-19(14)24-12-16)23(31)27-17-10-15-6-2-4-8-20(15)25-13-17/h1-17,38H,18H2,(H,32,36)(H,33,37)(H,34,35);1-13,18,32H,14H2,(H,26,30)(H,27,31)(H,28,29);1-12,18,32H,13H2,(H,26,30)(H,27,31)(H,28,29);1-10,12-13,18,32H,11H2,(H,26,30)(H,27,31)(H,28,29). The van der Waals surface area contributed by atoms with E-state index in [2.05, 4.69) is 77.4 Å². The lowest BCUT2D eigenvalue weighted by atomic mass is 9.75. The maximum atomic E-state index is 14.1. The summed E-state index contributed by atoms with van der Waals surface area (Å²) in [5.41, 5.74) is 12.1. The summed E-state index contributed by atoms with van der Waals surface area (Å²) in [6.07, 6.45) is 8.79. The zero-order chi connectivity index (χ0) is 94.0. The molecule has 1 atom stereocenters. The van der Waals surface area contributed by atoms with Crippen molar-refractivity contribution in [3.63, 3.8) is 0 Å². The first-order valence-electron chi connectivity index (χ1n) is 41.3. The summed E-state index contributed by atoms with van der Waals surface area (Å²) in [4.78, 5) is 184. The third-order valence-electron chi connectivity index (χ3n) is 21.2. The lowest BCUT2D eigenvalue weighted by Crippen LogP contribution is -2.52. The molecule has 0 fully saturated rings. The number of hydrogen-bond acceptors (Lipinski definition) is 23. The minimum Gasteiger partial charge on any atom is -0.325 e. The number of pyridine rings is 7. The van der Waals surface area contributed by atoms with E-state index in [1.165, 1.54) is 28.8 Å². The number of benzene rings is 10. The molecule has 0 aliphatic rings. The molecule has 0 bridgehead atoms. The maximum absolute atomic E-state index is 14.1. The fourth-order valence-corrected chi connectivity index (χ4v) is 14.6. The summed E-state index contributed by atoms with van der Waals surface area (Å²) in [6, 6.07) is 83.5. The van der Waals surface area contributed by atoms with Crippen molar-refractivity contribution in [1.29, 1.82) is 0 Å². The molecule has 35 heteroatoms. The first kappa shape index (κ1) is 92.0. The second-order valence-corrected chi connectivity index (χ2v) is 30.0. The zero-order valence-corrected chi connectivity index (χ0v) is 70.6. The van der Waals surface area contributed by atoms with E-state index < -0.39 is 120 Å². The molecule has 17 rings (SSSR count). The van der Waals surface area contributed by atoms with Crippen LogP contribution in [0.25, 0.3) is 87.1 Å². The molecule has 1 unspecified atom stereocenters. The van der Waals surface area contributed by atoms with Crippen molar-refractivity contribution in [3.05, 3.63) is 334 Å². The molecule has 10 aromatic carbocycles. The Morgan fingerprint density at radius 3 is 0.963 bits per heavy atom. The van der Waals surface area contributed by atoms with Crippen molar-refractivity contribution in [2.45, 2.75) is 31.1 Å². The molecule has 0 spiro atoms. The summed E-state index contributed by atoms with van der Waals surface area (Å²) in [5.74, 6) is -13.3. The average Bonchev–Trinajstić information content (AvgIpc) is 0.754. The summed E-state index contributed by atoms with van der Waals surface area (Å²) < 4.78 is 0. The van der Waals surface area contributed by atoms with Crippen LogP contribution in [0.5, 0.6) is 0 Å². The van der Waals surface area contributed by atoms with E-state index in [0.29, 0.717) is 62.0 Å². The highest BCUT2D eigenvalue weighted by molar-refractivity contribution is 6.24. The third-order valence-corrected chi connectivity index (χ3v) is 21.2.